The molecule has 1 unspecified atom stereocenters. The van der Waals surface area contributed by atoms with Gasteiger partial charge in [0, 0.05) is 11.3 Å². The van der Waals surface area contributed by atoms with Crippen LogP contribution in [0.3, 0.4) is 0 Å². The molecule has 1 aliphatic rings. The molecule has 3 rings (SSSR count). The molecule has 110 valence electrons. The Kier molecular flexibility index (Phi) is 3.27. The lowest BCUT2D eigenvalue weighted by molar-refractivity contribution is -0.150. The lowest BCUT2D eigenvalue weighted by atomic mass is 9.97. The fraction of sp³-hybridized carbons (Fsp3) is 0.0588. The summed E-state index contributed by atoms with van der Waals surface area (Å²) in [6, 6.07) is 16.9. The van der Waals surface area contributed by atoms with Gasteiger partial charge in [0.05, 0.1) is 0 Å². The van der Waals surface area contributed by atoms with E-state index in [0.717, 1.165) is 4.90 Å². The number of aliphatic hydroxyl groups is 1. The van der Waals surface area contributed by atoms with E-state index in [4.69, 9.17) is 0 Å². The van der Waals surface area contributed by atoms with Crippen LogP contribution < -0.4 is 10.2 Å². The van der Waals surface area contributed by atoms with Crippen molar-refractivity contribution in [1.29, 1.82) is 0 Å². The van der Waals surface area contributed by atoms with E-state index in [1.807, 2.05) is 0 Å². The first-order valence-corrected chi connectivity index (χ1v) is 6.73. The molecule has 1 heterocycles. The standard InChI is InChI=1S/C17H14N2O3/c1-12-15(20)18-17(22,13-8-4-2-5-9-13)16(21)19(12)14-10-6-3-7-11-14/h2-11,22H,1H2,(H,18,20). The Morgan fingerprint density at radius 2 is 1.50 bits per heavy atom. The molecule has 1 saturated heterocycles. The van der Waals surface area contributed by atoms with Crippen molar-refractivity contribution < 1.29 is 14.7 Å². The maximum Gasteiger partial charge on any atom is 0.289 e. The molecule has 1 fully saturated rings. The fourth-order valence-corrected chi connectivity index (χ4v) is 2.40. The number of carbonyl (C=O) groups excluding carboxylic acids is 2. The van der Waals surface area contributed by atoms with Crippen molar-refractivity contribution in [2.24, 2.45) is 0 Å². The monoisotopic (exact) mass is 294 g/mol. The van der Waals surface area contributed by atoms with Crippen molar-refractivity contribution in [2.75, 3.05) is 4.90 Å². The second-order valence-corrected chi connectivity index (χ2v) is 4.95. The van der Waals surface area contributed by atoms with Gasteiger partial charge in [-0.15, -0.1) is 0 Å². The third kappa shape index (κ3) is 2.08. The van der Waals surface area contributed by atoms with E-state index in [0.29, 0.717) is 11.3 Å². The van der Waals surface area contributed by atoms with E-state index in [2.05, 4.69) is 11.9 Å². The largest absolute Gasteiger partial charge is 0.359 e. The van der Waals surface area contributed by atoms with Crippen LogP contribution in [0.2, 0.25) is 0 Å². The van der Waals surface area contributed by atoms with E-state index < -0.39 is 17.5 Å². The number of benzene rings is 2. The summed E-state index contributed by atoms with van der Waals surface area (Å²) in [6.07, 6.45) is 0. The summed E-state index contributed by atoms with van der Waals surface area (Å²) in [5, 5.41) is 13.1. The zero-order chi connectivity index (χ0) is 15.7. The minimum atomic E-state index is -2.12. The predicted octanol–water partition coefficient (Wildman–Crippen LogP) is 1.51. The van der Waals surface area contributed by atoms with Crippen molar-refractivity contribution in [3.63, 3.8) is 0 Å². The Morgan fingerprint density at radius 1 is 0.955 bits per heavy atom. The highest BCUT2D eigenvalue weighted by atomic mass is 16.3. The molecule has 22 heavy (non-hydrogen) atoms. The highest BCUT2D eigenvalue weighted by Crippen LogP contribution is 2.31. The van der Waals surface area contributed by atoms with Crippen LogP contribution in [0.4, 0.5) is 5.69 Å². The Morgan fingerprint density at radius 3 is 2.09 bits per heavy atom. The molecule has 0 bridgehead atoms. The van der Waals surface area contributed by atoms with Crippen molar-refractivity contribution in [3.8, 4) is 0 Å². The van der Waals surface area contributed by atoms with E-state index in [1.165, 1.54) is 0 Å². The van der Waals surface area contributed by atoms with Gasteiger partial charge in [-0.2, -0.15) is 0 Å². The maximum atomic E-state index is 12.8. The molecule has 2 amide bonds. The summed E-state index contributed by atoms with van der Waals surface area (Å²) in [6.45, 7) is 3.64. The van der Waals surface area contributed by atoms with Crippen LogP contribution in [-0.2, 0) is 15.3 Å². The summed E-state index contributed by atoms with van der Waals surface area (Å²) in [5.74, 6) is -1.27. The molecule has 5 nitrogen and oxygen atoms in total. The molecule has 2 aromatic carbocycles. The Hall–Kier alpha value is -2.92. The summed E-state index contributed by atoms with van der Waals surface area (Å²) < 4.78 is 0. The quantitative estimate of drug-likeness (QED) is 0.825. The van der Waals surface area contributed by atoms with Crippen LogP contribution in [0.1, 0.15) is 5.56 Å². The van der Waals surface area contributed by atoms with Gasteiger partial charge in [0.25, 0.3) is 11.8 Å². The lowest BCUT2D eigenvalue weighted by Gasteiger charge is -2.39. The number of carbonyl (C=O) groups is 2. The fourth-order valence-electron chi connectivity index (χ4n) is 2.40. The van der Waals surface area contributed by atoms with Gasteiger partial charge in [-0.05, 0) is 12.1 Å². The first-order valence-electron chi connectivity index (χ1n) is 6.73. The Bertz CT molecular complexity index is 743. The lowest BCUT2D eigenvalue weighted by Crippen LogP contribution is -2.63. The zero-order valence-electron chi connectivity index (χ0n) is 11.7. The molecule has 5 heteroatoms. The molecule has 0 saturated carbocycles. The number of hydrogen-bond donors (Lipinski definition) is 2. The topological polar surface area (TPSA) is 69.6 Å². The molecular weight excluding hydrogens is 280 g/mol. The third-order valence-corrected chi connectivity index (χ3v) is 3.55. The van der Waals surface area contributed by atoms with E-state index in [9.17, 15) is 14.7 Å². The predicted molar refractivity (Wildman–Crippen MR) is 81.5 cm³/mol. The van der Waals surface area contributed by atoms with Crippen molar-refractivity contribution in [1.82, 2.24) is 5.32 Å². The summed E-state index contributed by atoms with van der Waals surface area (Å²) >= 11 is 0. The number of para-hydroxylation sites is 1. The molecule has 2 aromatic rings. The second kappa shape index (κ2) is 5.13. The first-order chi connectivity index (χ1) is 10.5. The number of anilines is 1. The van der Waals surface area contributed by atoms with Crippen LogP contribution in [0, 0.1) is 0 Å². The number of nitrogens with one attached hydrogen (secondary N) is 1. The highest BCUT2D eigenvalue weighted by molar-refractivity contribution is 6.16. The van der Waals surface area contributed by atoms with Crippen LogP contribution in [0.5, 0.6) is 0 Å². The van der Waals surface area contributed by atoms with Gasteiger partial charge in [-0.3, -0.25) is 14.5 Å². The van der Waals surface area contributed by atoms with Gasteiger partial charge in [0.1, 0.15) is 5.70 Å². The maximum absolute atomic E-state index is 12.8. The van der Waals surface area contributed by atoms with Gasteiger partial charge in [0.2, 0.25) is 5.72 Å². The zero-order valence-corrected chi connectivity index (χ0v) is 11.7. The van der Waals surface area contributed by atoms with Crippen molar-refractivity contribution >= 4 is 17.5 Å². The van der Waals surface area contributed by atoms with Crippen molar-refractivity contribution in [2.45, 2.75) is 5.72 Å². The summed E-state index contributed by atoms with van der Waals surface area (Å²) in [5.41, 5.74) is -1.38. The Balaban J connectivity index is 2.10. The minimum Gasteiger partial charge on any atom is -0.359 e. The molecular formula is C17H14N2O3. The minimum absolute atomic E-state index is 0.0307. The highest BCUT2D eigenvalue weighted by Gasteiger charge is 2.49. The first kappa shape index (κ1) is 14.0. The number of amides is 2. The van der Waals surface area contributed by atoms with Gasteiger partial charge in [-0.25, -0.2) is 0 Å². The molecule has 1 aliphatic heterocycles. The van der Waals surface area contributed by atoms with E-state index in [1.54, 1.807) is 60.7 Å². The second-order valence-electron chi connectivity index (χ2n) is 4.95. The molecule has 0 aliphatic carbocycles. The Labute approximate surface area is 127 Å². The molecule has 0 aromatic heterocycles. The van der Waals surface area contributed by atoms with E-state index in [-0.39, 0.29) is 5.70 Å². The number of piperazine rings is 1. The molecule has 0 spiro atoms. The van der Waals surface area contributed by atoms with Crippen LogP contribution in [0.25, 0.3) is 0 Å². The van der Waals surface area contributed by atoms with E-state index >= 15 is 0 Å². The molecule has 0 radical (unpaired) electrons. The van der Waals surface area contributed by atoms with Crippen molar-refractivity contribution in [3.05, 3.63) is 78.5 Å². The molecule has 2 N–H and O–H groups in total. The van der Waals surface area contributed by atoms with Crippen LogP contribution in [0.15, 0.2) is 72.9 Å². The summed E-state index contributed by atoms with van der Waals surface area (Å²) in [4.78, 5) is 26.1. The average molecular weight is 294 g/mol. The van der Waals surface area contributed by atoms with Gasteiger partial charge < -0.3 is 10.4 Å². The number of hydrogen-bond acceptors (Lipinski definition) is 3. The number of rotatable bonds is 2. The summed E-state index contributed by atoms with van der Waals surface area (Å²) in [7, 11) is 0. The SMILES string of the molecule is C=C1C(=O)NC(O)(c2ccccc2)C(=O)N1c1ccccc1. The van der Waals surface area contributed by atoms with Gasteiger partial charge in [0.15, 0.2) is 0 Å². The third-order valence-electron chi connectivity index (χ3n) is 3.55. The average Bonchev–Trinajstić information content (AvgIpc) is 2.55. The molecule has 1 atom stereocenters. The smallest absolute Gasteiger partial charge is 0.289 e. The van der Waals surface area contributed by atoms with Crippen LogP contribution in [-0.4, -0.2) is 16.9 Å². The van der Waals surface area contributed by atoms with Gasteiger partial charge in [-0.1, -0.05) is 55.1 Å². The number of nitrogens with zero attached hydrogens (tertiary/aromatic N) is 1. The normalized spacial score (nSPS) is 21.7. The van der Waals surface area contributed by atoms with Crippen LogP contribution >= 0.6 is 0 Å². The van der Waals surface area contributed by atoms with Gasteiger partial charge >= 0.3 is 0 Å².